The van der Waals surface area contributed by atoms with Gasteiger partial charge in [0.25, 0.3) is 0 Å². The van der Waals surface area contributed by atoms with E-state index in [2.05, 4.69) is 0 Å². The standard InChI is InChI=1S/C15H16N2O2/c1-11-3-5-12(6-4-11)15-9-7-14(19)17(15)10-8-13(18)16(15)2/h3-6,8,10H,7,9H2,1-2H3/t15-/m1/s1. The Bertz CT molecular complexity index is 576. The first kappa shape index (κ1) is 12.0. The molecule has 0 bridgehead atoms. The number of nitrogens with zero attached hydrogens (tertiary/aromatic N) is 2. The van der Waals surface area contributed by atoms with E-state index in [1.54, 1.807) is 23.0 Å². The number of likely N-dealkylation sites (N-methyl/N-ethyl adjacent to an activating group) is 1. The fourth-order valence-corrected chi connectivity index (χ4v) is 2.99. The maximum Gasteiger partial charge on any atom is 0.249 e. The summed E-state index contributed by atoms with van der Waals surface area (Å²) in [5.41, 5.74) is 1.51. The molecule has 4 heteroatoms. The van der Waals surface area contributed by atoms with Gasteiger partial charge in [0, 0.05) is 32.2 Å². The summed E-state index contributed by atoms with van der Waals surface area (Å²) < 4.78 is 0. The van der Waals surface area contributed by atoms with Crippen molar-refractivity contribution in [3.63, 3.8) is 0 Å². The average molecular weight is 256 g/mol. The Balaban J connectivity index is 2.17. The molecule has 1 atom stereocenters. The van der Waals surface area contributed by atoms with Crippen molar-refractivity contribution in [3.05, 3.63) is 47.7 Å². The summed E-state index contributed by atoms with van der Waals surface area (Å²) in [6.07, 6.45) is 4.19. The minimum Gasteiger partial charge on any atom is -0.315 e. The summed E-state index contributed by atoms with van der Waals surface area (Å²) in [6.45, 7) is 2.02. The van der Waals surface area contributed by atoms with E-state index in [1.165, 1.54) is 6.08 Å². The van der Waals surface area contributed by atoms with Gasteiger partial charge in [-0.2, -0.15) is 0 Å². The highest BCUT2D eigenvalue weighted by atomic mass is 16.2. The molecule has 0 unspecified atom stereocenters. The second kappa shape index (κ2) is 3.95. The molecule has 0 aromatic heterocycles. The van der Waals surface area contributed by atoms with Gasteiger partial charge in [-0.05, 0) is 12.5 Å². The van der Waals surface area contributed by atoms with Crippen molar-refractivity contribution in [1.82, 2.24) is 9.80 Å². The zero-order valence-electron chi connectivity index (χ0n) is 11.1. The lowest BCUT2D eigenvalue weighted by atomic mass is 9.93. The number of hydrogen-bond acceptors (Lipinski definition) is 2. The maximum absolute atomic E-state index is 12.0. The molecule has 0 N–H and O–H groups in total. The van der Waals surface area contributed by atoms with Gasteiger partial charge in [0.1, 0.15) is 5.66 Å². The molecule has 19 heavy (non-hydrogen) atoms. The van der Waals surface area contributed by atoms with Crippen LogP contribution in [-0.2, 0) is 15.3 Å². The van der Waals surface area contributed by atoms with Crippen LogP contribution < -0.4 is 0 Å². The molecular weight excluding hydrogens is 240 g/mol. The Morgan fingerprint density at radius 1 is 1.16 bits per heavy atom. The van der Waals surface area contributed by atoms with E-state index in [4.69, 9.17) is 0 Å². The van der Waals surface area contributed by atoms with Gasteiger partial charge in [0.15, 0.2) is 0 Å². The number of carbonyl (C=O) groups is 2. The van der Waals surface area contributed by atoms with Crippen LogP contribution in [0.3, 0.4) is 0 Å². The van der Waals surface area contributed by atoms with Gasteiger partial charge in [-0.15, -0.1) is 0 Å². The fourth-order valence-electron chi connectivity index (χ4n) is 2.99. The molecule has 4 nitrogen and oxygen atoms in total. The van der Waals surface area contributed by atoms with E-state index in [1.807, 2.05) is 31.2 Å². The van der Waals surface area contributed by atoms with Crippen molar-refractivity contribution in [2.45, 2.75) is 25.4 Å². The zero-order chi connectivity index (χ0) is 13.6. The van der Waals surface area contributed by atoms with E-state index >= 15 is 0 Å². The third-order valence-electron chi connectivity index (χ3n) is 4.12. The summed E-state index contributed by atoms with van der Waals surface area (Å²) in [5, 5.41) is 0. The largest absolute Gasteiger partial charge is 0.315 e. The predicted molar refractivity (Wildman–Crippen MR) is 70.8 cm³/mol. The smallest absolute Gasteiger partial charge is 0.249 e. The quantitative estimate of drug-likeness (QED) is 0.768. The highest BCUT2D eigenvalue weighted by Gasteiger charge is 2.51. The Kier molecular flexibility index (Phi) is 2.49. The van der Waals surface area contributed by atoms with Crippen LogP contribution in [0.5, 0.6) is 0 Å². The van der Waals surface area contributed by atoms with Crippen LogP contribution in [0.25, 0.3) is 0 Å². The van der Waals surface area contributed by atoms with Gasteiger partial charge in [-0.3, -0.25) is 14.5 Å². The second-order valence-electron chi connectivity index (χ2n) is 5.16. The van der Waals surface area contributed by atoms with Crippen LogP contribution in [0.15, 0.2) is 36.5 Å². The van der Waals surface area contributed by atoms with Crippen molar-refractivity contribution in [3.8, 4) is 0 Å². The Hall–Kier alpha value is -2.10. The molecule has 1 saturated heterocycles. The van der Waals surface area contributed by atoms with Crippen LogP contribution in [0.1, 0.15) is 24.0 Å². The third-order valence-corrected chi connectivity index (χ3v) is 4.12. The summed E-state index contributed by atoms with van der Waals surface area (Å²) >= 11 is 0. The van der Waals surface area contributed by atoms with Crippen molar-refractivity contribution in [2.24, 2.45) is 0 Å². The lowest BCUT2D eigenvalue weighted by molar-refractivity contribution is -0.145. The van der Waals surface area contributed by atoms with E-state index in [0.29, 0.717) is 12.8 Å². The van der Waals surface area contributed by atoms with Gasteiger partial charge in [-0.25, -0.2) is 0 Å². The third kappa shape index (κ3) is 1.52. The van der Waals surface area contributed by atoms with Gasteiger partial charge in [0.05, 0.1) is 0 Å². The van der Waals surface area contributed by atoms with Crippen LogP contribution in [0, 0.1) is 6.92 Å². The minimum atomic E-state index is -0.642. The van der Waals surface area contributed by atoms with Crippen molar-refractivity contribution in [2.75, 3.05) is 7.05 Å². The predicted octanol–water partition coefficient (Wildman–Crippen LogP) is 1.76. The second-order valence-corrected chi connectivity index (χ2v) is 5.16. The highest BCUT2D eigenvalue weighted by molar-refractivity contribution is 5.93. The van der Waals surface area contributed by atoms with Crippen LogP contribution in [0.4, 0.5) is 0 Å². The highest BCUT2D eigenvalue weighted by Crippen LogP contribution is 2.44. The van der Waals surface area contributed by atoms with E-state index < -0.39 is 5.66 Å². The average Bonchev–Trinajstić information content (AvgIpc) is 2.74. The summed E-state index contributed by atoms with van der Waals surface area (Å²) in [7, 11) is 1.76. The van der Waals surface area contributed by atoms with Crippen molar-refractivity contribution in [1.29, 1.82) is 0 Å². The monoisotopic (exact) mass is 256 g/mol. The van der Waals surface area contributed by atoms with E-state index in [0.717, 1.165) is 11.1 Å². The molecule has 0 radical (unpaired) electrons. The summed E-state index contributed by atoms with van der Waals surface area (Å²) in [5.74, 6) is 0.00250. The number of carbonyl (C=O) groups excluding carboxylic acids is 2. The molecule has 1 fully saturated rings. The van der Waals surface area contributed by atoms with Crippen LogP contribution in [-0.4, -0.2) is 28.7 Å². The number of hydrogen-bond donors (Lipinski definition) is 0. The molecule has 98 valence electrons. The first-order chi connectivity index (χ1) is 9.05. The van der Waals surface area contributed by atoms with Gasteiger partial charge < -0.3 is 4.90 Å². The maximum atomic E-state index is 12.0. The van der Waals surface area contributed by atoms with E-state index in [9.17, 15) is 9.59 Å². The minimum absolute atomic E-state index is 0.0634. The van der Waals surface area contributed by atoms with Crippen LogP contribution in [0.2, 0.25) is 0 Å². The fraction of sp³-hybridized carbons (Fsp3) is 0.333. The summed E-state index contributed by atoms with van der Waals surface area (Å²) in [6, 6.07) is 8.04. The van der Waals surface area contributed by atoms with Crippen molar-refractivity contribution < 1.29 is 9.59 Å². The van der Waals surface area contributed by atoms with E-state index in [-0.39, 0.29) is 11.8 Å². The Labute approximate surface area is 112 Å². The number of rotatable bonds is 1. The molecular formula is C15H16N2O2. The number of aryl methyl sites for hydroxylation is 1. The van der Waals surface area contributed by atoms with Gasteiger partial charge in [0.2, 0.25) is 11.8 Å². The van der Waals surface area contributed by atoms with Crippen LogP contribution >= 0.6 is 0 Å². The number of fused-ring (bicyclic) bond motifs is 1. The lowest BCUT2D eigenvalue weighted by Crippen LogP contribution is -2.56. The SMILES string of the molecule is Cc1ccc([C@@]23CCC(=O)N2C=CC(=O)N3C)cc1. The molecule has 2 amide bonds. The zero-order valence-corrected chi connectivity index (χ0v) is 11.1. The molecule has 1 aromatic carbocycles. The van der Waals surface area contributed by atoms with Crippen molar-refractivity contribution >= 4 is 11.8 Å². The molecule has 0 saturated carbocycles. The molecule has 3 rings (SSSR count). The normalized spacial score (nSPS) is 26.0. The molecule has 0 aliphatic carbocycles. The lowest BCUT2D eigenvalue weighted by Gasteiger charge is -2.46. The Morgan fingerprint density at radius 3 is 2.53 bits per heavy atom. The first-order valence-corrected chi connectivity index (χ1v) is 6.41. The van der Waals surface area contributed by atoms with Gasteiger partial charge >= 0.3 is 0 Å². The molecule has 2 heterocycles. The molecule has 0 spiro atoms. The first-order valence-electron chi connectivity index (χ1n) is 6.41. The number of benzene rings is 1. The number of amides is 2. The Morgan fingerprint density at radius 2 is 1.84 bits per heavy atom. The topological polar surface area (TPSA) is 40.6 Å². The molecule has 2 aliphatic heterocycles. The molecule has 1 aromatic rings. The summed E-state index contributed by atoms with van der Waals surface area (Å²) in [4.78, 5) is 27.4. The van der Waals surface area contributed by atoms with Gasteiger partial charge in [-0.1, -0.05) is 29.8 Å². The molecule has 2 aliphatic rings.